The van der Waals surface area contributed by atoms with Gasteiger partial charge in [0.15, 0.2) is 9.84 Å². The van der Waals surface area contributed by atoms with E-state index in [1.807, 2.05) is 18.2 Å². The predicted octanol–water partition coefficient (Wildman–Crippen LogP) is 3.04. The molecule has 2 unspecified atom stereocenters. The van der Waals surface area contributed by atoms with Gasteiger partial charge in [0.05, 0.1) is 18.1 Å². The number of hydrogen-bond acceptors (Lipinski definition) is 4. The van der Waals surface area contributed by atoms with Crippen LogP contribution in [-0.4, -0.2) is 49.4 Å². The van der Waals surface area contributed by atoms with E-state index in [0.717, 1.165) is 36.1 Å². The summed E-state index contributed by atoms with van der Waals surface area (Å²) in [7, 11) is -2.97. The molecule has 1 aromatic carbocycles. The average Bonchev–Trinajstić information content (AvgIpc) is 2.98. The van der Waals surface area contributed by atoms with Crippen LogP contribution in [0.3, 0.4) is 0 Å². The molecule has 0 radical (unpaired) electrons. The summed E-state index contributed by atoms with van der Waals surface area (Å²) >= 11 is 0. The molecule has 1 saturated heterocycles. The van der Waals surface area contributed by atoms with Crippen molar-refractivity contribution in [1.29, 1.82) is 0 Å². The van der Waals surface area contributed by atoms with Gasteiger partial charge in [-0.25, -0.2) is 8.42 Å². The largest absolute Gasteiger partial charge is 0.324 e. The monoisotopic (exact) mass is 380 g/mol. The first-order chi connectivity index (χ1) is 12.3. The summed E-state index contributed by atoms with van der Waals surface area (Å²) in [5.41, 5.74) is 3.19. The fraction of sp³-hybridized carbons (Fsp3) is 0.650. The van der Waals surface area contributed by atoms with Gasteiger partial charge in [-0.1, -0.05) is 39.0 Å². The van der Waals surface area contributed by atoms with Crippen molar-refractivity contribution >= 4 is 21.4 Å². The topological polar surface area (TPSA) is 66.5 Å². The molecule has 1 heterocycles. The van der Waals surface area contributed by atoms with Crippen LogP contribution in [0.15, 0.2) is 18.2 Å². The van der Waals surface area contributed by atoms with Crippen LogP contribution in [0, 0.1) is 0 Å². The SMILES string of the molecule is CCc1cccc(CC)c1NC(=O)CN(C(C)CC)C1CCS(=O)(=O)C1. The molecule has 1 aromatic rings. The highest BCUT2D eigenvalue weighted by Crippen LogP contribution is 2.24. The fourth-order valence-corrected chi connectivity index (χ4v) is 5.41. The minimum atomic E-state index is -2.97. The minimum Gasteiger partial charge on any atom is -0.324 e. The summed E-state index contributed by atoms with van der Waals surface area (Å²) in [5.74, 6) is 0.325. The van der Waals surface area contributed by atoms with E-state index in [0.29, 0.717) is 6.42 Å². The molecule has 0 saturated carbocycles. The molecule has 0 bridgehead atoms. The van der Waals surface area contributed by atoms with Gasteiger partial charge in [-0.3, -0.25) is 9.69 Å². The van der Waals surface area contributed by atoms with Crippen molar-refractivity contribution in [3.63, 3.8) is 0 Å². The lowest BCUT2D eigenvalue weighted by molar-refractivity contribution is -0.118. The third-order valence-corrected chi connectivity index (χ3v) is 7.17. The van der Waals surface area contributed by atoms with Gasteiger partial charge in [0.25, 0.3) is 0 Å². The number of hydrogen-bond donors (Lipinski definition) is 1. The second-order valence-corrected chi connectivity index (χ2v) is 9.42. The Bertz CT molecular complexity index is 708. The van der Waals surface area contributed by atoms with E-state index in [2.05, 4.69) is 37.9 Å². The molecule has 6 heteroatoms. The highest BCUT2D eigenvalue weighted by Gasteiger charge is 2.34. The van der Waals surface area contributed by atoms with E-state index in [9.17, 15) is 13.2 Å². The lowest BCUT2D eigenvalue weighted by atomic mass is 10.0. The Hall–Kier alpha value is -1.40. The van der Waals surface area contributed by atoms with Gasteiger partial charge in [0, 0.05) is 17.8 Å². The number of nitrogens with one attached hydrogen (secondary N) is 1. The van der Waals surface area contributed by atoms with Gasteiger partial charge in [-0.2, -0.15) is 0 Å². The first-order valence-corrected chi connectivity index (χ1v) is 11.5. The molecule has 0 spiro atoms. The van der Waals surface area contributed by atoms with Crippen molar-refractivity contribution < 1.29 is 13.2 Å². The van der Waals surface area contributed by atoms with Crippen molar-refractivity contribution in [1.82, 2.24) is 4.90 Å². The number of sulfone groups is 1. The van der Waals surface area contributed by atoms with Gasteiger partial charge in [0.1, 0.15) is 0 Å². The van der Waals surface area contributed by atoms with E-state index < -0.39 is 9.84 Å². The van der Waals surface area contributed by atoms with Crippen LogP contribution in [0.1, 0.15) is 51.7 Å². The Balaban J connectivity index is 2.16. The van der Waals surface area contributed by atoms with E-state index in [-0.39, 0.29) is 36.0 Å². The molecule has 1 N–H and O–H groups in total. The minimum absolute atomic E-state index is 0.0623. The number of carbonyl (C=O) groups excluding carboxylic acids is 1. The van der Waals surface area contributed by atoms with Crippen LogP contribution in [0.4, 0.5) is 5.69 Å². The van der Waals surface area contributed by atoms with Crippen LogP contribution < -0.4 is 5.32 Å². The van der Waals surface area contributed by atoms with Crippen molar-refractivity contribution in [2.75, 3.05) is 23.4 Å². The van der Waals surface area contributed by atoms with Crippen LogP contribution in [0.2, 0.25) is 0 Å². The van der Waals surface area contributed by atoms with Crippen LogP contribution >= 0.6 is 0 Å². The summed E-state index contributed by atoms with van der Waals surface area (Å²) in [5, 5.41) is 3.10. The summed E-state index contributed by atoms with van der Waals surface area (Å²) in [6, 6.07) is 6.23. The quantitative estimate of drug-likeness (QED) is 0.753. The molecular weight excluding hydrogens is 348 g/mol. The highest BCUT2D eigenvalue weighted by atomic mass is 32.2. The third-order valence-electron chi connectivity index (χ3n) is 5.42. The number of anilines is 1. The molecule has 0 aliphatic carbocycles. The number of amides is 1. The summed E-state index contributed by atoms with van der Waals surface area (Å²) < 4.78 is 23.7. The van der Waals surface area contributed by atoms with E-state index >= 15 is 0 Å². The molecule has 2 rings (SSSR count). The van der Waals surface area contributed by atoms with E-state index in [4.69, 9.17) is 0 Å². The predicted molar refractivity (Wildman–Crippen MR) is 107 cm³/mol. The maximum absolute atomic E-state index is 12.8. The molecule has 1 aliphatic heterocycles. The van der Waals surface area contributed by atoms with Crippen LogP contribution in [0.5, 0.6) is 0 Å². The normalized spacial score (nSPS) is 20.3. The van der Waals surface area contributed by atoms with E-state index in [1.165, 1.54) is 0 Å². The number of carbonyl (C=O) groups is 1. The third kappa shape index (κ3) is 5.07. The summed E-state index contributed by atoms with van der Waals surface area (Å²) in [6.45, 7) is 8.53. The maximum atomic E-state index is 12.8. The van der Waals surface area contributed by atoms with Gasteiger partial charge >= 0.3 is 0 Å². The molecular formula is C20H32N2O3S. The summed E-state index contributed by atoms with van der Waals surface area (Å²) in [4.78, 5) is 14.9. The number of benzene rings is 1. The molecule has 1 aliphatic rings. The zero-order valence-electron chi connectivity index (χ0n) is 16.4. The fourth-order valence-electron chi connectivity index (χ4n) is 3.66. The number of nitrogens with zero attached hydrogens (tertiary/aromatic N) is 1. The van der Waals surface area contributed by atoms with Crippen molar-refractivity contribution in [3.8, 4) is 0 Å². The van der Waals surface area contributed by atoms with Crippen LogP contribution in [0.25, 0.3) is 0 Å². The zero-order chi connectivity index (χ0) is 19.3. The number of para-hydroxylation sites is 1. The second kappa shape index (κ2) is 9.00. The summed E-state index contributed by atoms with van der Waals surface area (Å²) in [6.07, 6.45) is 3.22. The Kier molecular flexibility index (Phi) is 7.24. The molecule has 1 amide bonds. The highest BCUT2D eigenvalue weighted by molar-refractivity contribution is 7.91. The maximum Gasteiger partial charge on any atom is 0.238 e. The molecule has 146 valence electrons. The van der Waals surface area contributed by atoms with Crippen molar-refractivity contribution in [2.45, 2.75) is 65.5 Å². The van der Waals surface area contributed by atoms with E-state index in [1.54, 1.807) is 0 Å². The van der Waals surface area contributed by atoms with Gasteiger partial charge in [-0.05, 0) is 43.7 Å². The lowest BCUT2D eigenvalue weighted by Gasteiger charge is -2.33. The number of aryl methyl sites for hydroxylation is 2. The Morgan fingerprint density at radius 1 is 1.23 bits per heavy atom. The van der Waals surface area contributed by atoms with Gasteiger partial charge < -0.3 is 5.32 Å². The van der Waals surface area contributed by atoms with Gasteiger partial charge in [-0.15, -0.1) is 0 Å². The Morgan fingerprint density at radius 3 is 2.31 bits per heavy atom. The average molecular weight is 381 g/mol. The zero-order valence-corrected chi connectivity index (χ0v) is 17.2. The van der Waals surface area contributed by atoms with Crippen LogP contribution in [-0.2, 0) is 27.5 Å². The second-order valence-electron chi connectivity index (χ2n) is 7.19. The van der Waals surface area contributed by atoms with Gasteiger partial charge in [0.2, 0.25) is 5.91 Å². The molecule has 0 aromatic heterocycles. The standard InChI is InChI=1S/C20H32N2O3S/c1-5-15(4)22(18-11-12-26(24,25)14-18)13-19(23)21-20-16(6-2)9-8-10-17(20)7-3/h8-10,15,18H,5-7,11-14H2,1-4H3,(H,21,23). The first kappa shape index (κ1) is 20.9. The molecule has 26 heavy (non-hydrogen) atoms. The Labute approximate surface area is 158 Å². The number of rotatable bonds is 8. The lowest BCUT2D eigenvalue weighted by Crippen LogP contribution is -2.46. The van der Waals surface area contributed by atoms with Crippen molar-refractivity contribution in [2.24, 2.45) is 0 Å². The van der Waals surface area contributed by atoms with Crippen molar-refractivity contribution in [3.05, 3.63) is 29.3 Å². The molecule has 2 atom stereocenters. The first-order valence-electron chi connectivity index (χ1n) is 9.68. The Morgan fingerprint density at radius 2 is 1.85 bits per heavy atom. The molecule has 1 fully saturated rings. The smallest absolute Gasteiger partial charge is 0.238 e. The molecule has 5 nitrogen and oxygen atoms in total.